The van der Waals surface area contributed by atoms with Gasteiger partial charge in [0.25, 0.3) is 5.91 Å². The molecule has 0 saturated carbocycles. The van der Waals surface area contributed by atoms with Crippen LogP contribution in [-0.2, 0) is 4.79 Å². The Kier molecular flexibility index (Phi) is 5.83. The van der Waals surface area contributed by atoms with E-state index in [9.17, 15) is 18.4 Å². The Morgan fingerprint density at radius 2 is 1.67 bits per heavy atom. The average Bonchev–Trinajstić information content (AvgIpc) is 2.54. The summed E-state index contributed by atoms with van der Waals surface area (Å²) in [6.45, 7) is -3.07. The Balaban J connectivity index is 2.23. The van der Waals surface area contributed by atoms with Gasteiger partial charge in [-0.15, -0.1) is 0 Å². The van der Waals surface area contributed by atoms with Gasteiger partial charge in [-0.25, -0.2) is 0 Å². The first-order valence-electron chi connectivity index (χ1n) is 7.09. The van der Waals surface area contributed by atoms with E-state index in [-0.39, 0.29) is 17.7 Å². The normalized spacial score (nSPS) is 11.8. The average molecular weight is 335 g/mol. The van der Waals surface area contributed by atoms with Crippen molar-refractivity contribution in [2.24, 2.45) is 0 Å². The molecule has 0 aliphatic rings. The maximum atomic E-state index is 12.4. The molecule has 0 aliphatic heterocycles. The number of rotatable bonds is 7. The molecule has 0 spiro atoms. The molecule has 0 bridgehead atoms. The summed E-state index contributed by atoms with van der Waals surface area (Å²) in [5, 5.41) is 11.6. The Labute approximate surface area is 136 Å². The van der Waals surface area contributed by atoms with E-state index in [1.807, 2.05) is 0 Å². The van der Waals surface area contributed by atoms with Crippen LogP contribution >= 0.6 is 0 Å². The number of halogens is 2. The lowest BCUT2D eigenvalue weighted by molar-refractivity contribution is -0.137. The minimum Gasteiger partial charge on any atom is -0.481 e. The molecule has 1 amide bonds. The fourth-order valence-electron chi connectivity index (χ4n) is 2.20. The van der Waals surface area contributed by atoms with Crippen LogP contribution in [0.3, 0.4) is 0 Å². The van der Waals surface area contributed by atoms with Gasteiger partial charge in [0.05, 0.1) is 18.0 Å². The highest BCUT2D eigenvalue weighted by Gasteiger charge is 2.21. The molecule has 0 aromatic heterocycles. The van der Waals surface area contributed by atoms with Gasteiger partial charge in [-0.2, -0.15) is 8.78 Å². The Morgan fingerprint density at radius 3 is 2.29 bits per heavy atom. The second-order valence-corrected chi connectivity index (χ2v) is 4.91. The molecule has 7 heteroatoms. The summed E-state index contributed by atoms with van der Waals surface area (Å²) in [5.74, 6) is -2.06. The standard InChI is InChI=1S/C17H15F2NO4/c18-17(19)24-14-9-5-4-8-12(14)16(23)20-13(10-15(21)22)11-6-2-1-3-7-11/h1-9,13,17H,10H2,(H,20,23)(H,21,22)/t13-/m0/s1. The molecule has 0 heterocycles. The lowest BCUT2D eigenvalue weighted by Gasteiger charge is -2.18. The van der Waals surface area contributed by atoms with Crippen LogP contribution in [-0.4, -0.2) is 23.6 Å². The zero-order valence-electron chi connectivity index (χ0n) is 12.5. The summed E-state index contributed by atoms with van der Waals surface area (Å²) in [6, 6.07) is 13.3. The monoisotopic (exact) mass is 335 g/mol. The van der Waals surface area contributed by atoms with Crippen molar-refractivity contribution in [2.45, 2.75) is 19.1 Å². The molecule has 126 valence electrons. The van der Waals surface area contributed by atoms with Crippen LogP contribution in [0.1, 0.15) is 28.4 Å². The van der Waals surface area contributed by atoms with Gasteiger partial charge in [-0.05, 0) is 17.7 Å². The molecule has 2 N–H and O–H groups in total. The number of aliphatic carboxylic acids is 1. The molecule has 24 heavy (non-hydrogen) atoms. The van der Waals surface area contributed by atoms with Crippen molar-refractivity contribution in [1.82, 2.24) is 5.32 Å². The van der Waals surface area contributed by atoms with Gasteiger partial charge < -0.3 is 15.2 Å². The number of amides is 1. The zero-order chi connectivity index (χ0) is 17.5. The summed E-state index contributed by atoms with van der Waals surface area (Å²) >= 11 is 0. The molecule has 0 radical (unpaired) electrons. The van der Waals surface area contributed by atoms with Crippen LogP contribution in [0.4, 0.5) is 8.78 Å². The number of carbonyl (C=O) groups is 2. The van der Waals surface area contributed by atoms with E-state index in [1.165, 1.54) is 24.3 Å². The molecule has 1 atom stereocenters. The number of hydrogen-bond acceptors (Lipinski definition) is 3. The number of para-hydroxylation sites is 1. The first-order chi connectivity index (χ1) is 11.5. The third-order valence-electron chi connectivity index (χ3n) is 3.23. The van der Waals surface area contributed by atoms with Gasteiger partial charge in [0.15, 0.2) is 0 Å². The molecule has 2 aromatic rings. The van der Waals surface area contributed by atoms with Crippen molar-refractivity contribution < 1.29 is 28.2 Å². The van der Waals surface area contributed by atoms with Crippen molar-refractivity contribution in [1.29, 1.82) is 0 Å². The summed E-state index contributed by atoms with van der Waals surface area (Å²) in [7, 11) is 0. The summed E-state index contributed by atoms with van der Waals surface area (Å²) < 4.78 is 29.2. The van der Waals surface area contributed by atoms with Crippen molar-refractivity contribution in [3.8, 4) is 5.75 Å². The van der Waals surface area contributed by atoms with E-state index in [1.54, 1.807) is 30.3 Å². The fourth-order valence-corrected chi connectivity index (χ4v) is 2.20. The number of ether oxygens (including phenoxy) is 1. The first kappa shape index (κ1) is 17.4. The molecule has 2 rings (SSSR count). The van der Waals surface area contributed by atoms with Crippen LogP contribution in [0.5, 0.6) is 5.75 Å². The van der Waals surface area contributed by atoms with Crippen LogP contribution in [0.15, 0.2) is 54.6 Å². The highest BCUT2D eigenvalue weighted by Crippen LogP contribution is 2.23. The summed E-state index contributed by atoms with van der Waals surface area (Å²) in [5.41, 5.74) is 0.504. The number of carbonyl (C=O) groups excluding carboxylic acids is 1. The highest BCUT2D eigenvalue weighted by atomic mass is 19.3. The molecule has 0 saturated heterocycles. The maximum absolute atomic E-state index is 12.4. The van der Waals surface area contributed by atoms with Crippen LogP contribution in [0.25, 0.3) is 0 Å². The zero-order valence-corrected chi connectivity index (χ0v) is 12.5. The van der Waals surface area contributed by atoms with Gasteiger partial charge in [0.2, 0.25) is 0 Å². The number of alkyl halides is 2. The van der Waals surface area contributed by atoms with Crippen LogP contribution in [0.2, 0.25) is 0 Å². The van der Waals surface area contributed by atoms with Gasteiger partial charge in [-0.3, -0.25) is 9.59 Å². The molecular weight excluding hydrogens is 320 g/mol. The van der Waals surface area contributed by atoms with Crippen LogP contribution in [0, 0.1) is 0 Å². The lowest BCUT2D eigenvalue weighted by atomic mass is 10.0. The summed E-state index contributed by atoms with van der Waals surface area (Å²) in [4.78, 5) is 23.4. The SMILES string of the molecule is O=C(O)C[C@H](NC(=O)c1ccccc1OC(F)F)c1ccccc1. The smallest absolute Gasteiger partial charge is 0.387 e. The van der Waals surface area contributed by atoms with E-state index >= 15 is 0 Å². The molecule has 0 unspecified atom stereocenters. The van der Waals surface area contributed by atoms with Crippen molar-refractivity contribution >= 4 is 11.9 Å². The predicted octanol–water partition coefficient (Wildman–Crippen LogP) is 3.23. The largest absolute Gasteiger partial charge is 0.481 e. The third kappa shape index (κ3) is 4.77. The van der Waals surface area contributed by atoms with Crippen molar-refractivity contribution in [3.63, 3.8) is 0 Å². The number of hydrogen-bond donors (Lipinski definition) is 2. The quantitative estimate of drug-likeness (QED) is 0.814. The minimum atomic E-state index is -3.07. The topological polar surface area (TPSA) is 75.6 Å². The Hall–Kier alpha value is -2.96. The summed E-state index contributed by atoms with van der Waals surface area (Å²) in [6.07, 6.45) is -0.340. The van der Waals surface area contributed by atoms with Crippen molar-refractivity contribution in [2.75, 3.05) is 0 Å². The lowest BCUT2D eigenvalue weighted by Crippen LogP contribution is -2.30. The second-order valence-electron chi connectivity index (χ2n) is 4.91. The van der Waals surface area contributed by atoms with E-state index in [4.69, 9.17) is 5.11 Å². The Morgan fingerprint density at radius 1 is 1.04 bits per heavy atom. The Bertz CT molecular complexity index is 707. The van der Waals surface area contributed by atoms with Gasteiger partial charge in [0.1, 0.15) is 5.75 Å². The second kappa shape index (κ2) is 8.05. The fraction of sp³-hybridized carbons (Fsp3) is 0.176. The van der Waals surface area contributed by atoms with E-state index in [2.05, 4.69) is 10.1 Å². The minimum absolute atomic E-state index is 0.0934. The molecule has 2 aromatic carbocycles. The van der Waals surface area contributed by atoms with E-state index < -0.39 is 24.5 Å². The van der Waals surface area contributed by atoms with E-state index in [0.717, 1.165) is 0 Å². The highest BCUT2D eigenvalue weighted by molar-refractivity contribution is 5.97. The van der Waals surface area contributed by atoms with Crippen molar-refractivity contribution in [3.05, 3.63) is 65.7 Å². The van der Waals surface area contributed by atoms with Gasteiger partial charge >= 0.3 is 12.6 Å². The molecule has 5 nitrogen and oxygen atoms in total. The first-order valence-corrected chi connectivity index (χ1v) is 7.09. The van der Waals surface area contributed by atoms with Crippen LogP contribution < -0.4 is 10.1 Å². The maximum Gasteiger partial charge on any atom is 0.387 e. The van der Waals surface area contributed by atoms with Gasteiger partial charge in [0, 0.05) is 0 Å². The predicted molar refractivity (Wildman–Crippen MR) is 82.0 cm³/mol. The number of carboxylic acid groups (broad SMARTS) is 1. The molecule has 0 fully saturated rings. The van der Waals surface area contributed by atoms with Gasteiger partial charge in [-0.1, -0.05) is 42.5 Å². The number of benzene rings is 2. The molecular formula is C17H15F2NO4. The number of nitrogens with one attached hydrogen (secondary N) is 1. The molecule has 0 aliphatic carbocycles. The number of carboxylic acids is 1. The third-order valence-corrected chi connectivity index (χ3v) is 3.23. The van der Waals surface area contributed by atoms with E-state index in [0.29, 0.717) is 5.56 Å².